The van der Waals surface area contributed by atoms with Gasteiger partial charge in [-0.2, -0.15) is 0 Å². The molecule has 2 heteroatoms. The van der Waals surface area contributed by atoms with Crippen LogP contribution >= 0.6 is 0 Å². The monoisotopic (exact) mass is 262 g/mol. The summed E-state index contributed by atoms with van der Waals surface area (Å²) in [5.41, 5.74) is 0. The second-order valence-corrected chi connectivity index (χ2v) is 5.74. The van der Waals surface area contributed by atoms with Gasteiger partial charge in [0.1, 0.15) is 0 Å². The van der Waals surface area contributed by atoms with Crippen LogP contribution in [-0.2, 0) is 0 Å². The smallest absolute Gasteiger partial charge is 0.0227 e. The van der Waals surface area contributed by atoms with Crippen LogP contribution in [0.2, 0.25) is 0 Å². The Morgan fingerprint density at radius 1 is 0.789 bits per heavy atom. The van der Waals surface area contributed by atoms with Gasteiger partial charge >= 0.3 is 0 Å². The fourth-order valence-electron chi connectivity index (χ4n) is 2.19. The standard InChI is InChI=1S/C9H15N.C8H15N/c1-9(2)10-7-5-3-4-6-8-10;1-8(2)9-6-4-3-5-7-9/h3-5,7,9H,6,8H2,1-2H3;3-4,8H,5-7H2,1-2H3. The van der Waals surface area contributed by atoms with Gasteiger partial charge in [-0.3, -0.25) is 4.90 Å². The molecule has 0 aromatic rings. The zero-order valence-corrected chi connectivity index (χ0v) is 13.0. The highest BCUT2D eigenvalue weighted by Gasteiger charge is 2.07. The van der Waals surface area contributed by atoms with Crippen LogP contribution in [0.4, 0.5) is 0 Å². The Morgan fingerprint density at radius 2 is 1.53 bits per heavy atom. The van der Waals surface area contributed by atoms with E-state index in [1.54, 1.807) is 0 Å². The van der Waals surface area contributed by atoms with E-state index in [0.29, 0.717) is 6.04 Å². The van der Waals surface area contributed by atoms with E-state index in [0.717, 1.165) is 19.1 Å². The minimum atomic E-state index is 0.635. The number of rotatable bonds is 2. The topological polar surface area (TPSA) is 6.48 Å². The molecule has 0 fully saturated rings. The predicted octanol–water partition coefficient (Wildman–Crippen LogP) is 3.83. The summed E-state index contributed by atoms with van der Waals surface area (Å²) < 4.78 is 0. The molecular weight excluding hydrogens is 232 g/mol. The summed E-state index contributed by atoms with van der Waals surface area (Å²) in [6, 6.07) is 1.35. The highest BCUT2D eigenvalue weighted by molar-refractivity contribution is 5.05. The molecule has 108 valence electrons. The molecule has 0 amide bonds. The summed E-state index contributed by atoms with van der Waals surface area (Å²) in [5, 5.41) is 0. The van der Waals surface area contributed by atoms with E-state index >= 15 is 0 Å². The van der Waals surface area contributed by atoms with E-state index in [2.05, 4.69) is 74.1 Å². The van der Waals surface area contributed by atoms with Crippen LogP contribution in [-0.4, -0.2) is 41.5 Å². The number of nitrogens with zero attached hydrogens (tertiary/aromatic N) is 2. The zero-order valence-electron chi connectivity index (χ0n) is 13.0. The summed E-state index contributed by atoms with van der Waals surface area (Å²) >= 11 is 0. The zero-order chi connectivity index (χ0) is 14.1. The van der Waals surface area contributed by atoms with Gasteiger partial charge in [-0.1, -0.05) is 24.3 Å². The van der Waals surface area contributed by atoms with Crippen LogP contribution in [0.3, 0.4) is 0 Å². The fraction of sp³-hybridized carbons (Fsp3) is 0.647. The molecule has 2 heterocycles. The molecule has 19 heavy (non-hydrogen) atoms. The van der Waals surface area contributed by atoms with Crippen molar-refractivity contribution in [3.63, 3.8) is 0 Å². The van der Waals surface area contributed by atoms with Crippen molar-refractivity contribution >= 4 is 0 Å². The molecule has 0 saturated carbocycles. The highest BCUT2D eigenvalue weighted by atomic mass is 15.1. The van der Waals surface area contributed by atoms with E-state index in [9.17, 15) is 0 Å². The van der Waals surface area contributed by atoms with Crippen LogP contribution in [0.1, 0.15) is 40.5 Å². The Kier molecular flexibility index (Phi) is 7.57. The quantitative estimate of drug-likeness (QED) is 0.698. The molecule has 0 spiro atoms. The van der Waals surface area contributed by atoms with Gasteiger partial charge in [0, 0.05) is 31.7 Å². The lowest BCUT2D eigenvalue weighted by Crippen LogP contribution is -2.33. The molecule has 2 aliphatic heterocycles. The summed E-state index contributed by atoms with van der Waals surface area (Å²) in [6.45, 7) is 12.5. The predicted molar refractivity (Wildman–Crippen MR) is 85.2 cm³/mol. The van der Waals surface area contributed by atoms with Gasteiger partial charge in [-0.15, -0.1) is 0 Å². The van der Waals surface area contributed by atoms with Gasteiger partial charge in [0.25, 0.3) is 0 Å². The molecule has 0 atom stereocenters. The molecule has 0 radical (unpaired) electrons. The molecular formula is C17H30N2. The Morgan fingerprint density at radius 3 is 2.05 bits per heavy atom. The SMILES string of the molecule is CC(C)N1C=CC=CCC1.CC(C)N1CC=CCC1. The average molecular weight is 262 g/mol. The third-order valence-electron chi connectivity index (χ3n) is 3.56. The minimum Gasteiger partial charge on any atom is -0.375 e. The number of allylic oxidation sites excluding steroid dienone is 2. The average Bonchev–Trinajstić information content (AvgIpc) is 2.69. The van der Waals surface area contributed by atoms with Crippen molar-refractivity contribution in [2.45, 2.75) is 52.6 Å². The second kappa shape index (κ2) is 8.98. The Hall–Kier alpha value is -1.02. The highest BCUT2D eigenvalue weighted by Crippen LogP contribution is 2.05. The summed E-state index contributed by atoms with van der Waals surface area (Å²) in [6.07, 6.45) is 15.5. The van der Waals surface area contributed by atoms with Gasteiger partial charge in [0.2, 0.25) is 0 Å². The first-order valence-corrected chi connectivity index (χ1v) is 7.59. The van der Waals surface area contributed by atoms with Crippen molar-refractivity contribution in [3.05, 3.63) is 36.6 Å². The summed E-state index contributed by atoms with van der Waals surface area (Å²) in [4.78, 5) is 4.82. The fourth-order valence-corrected chi connectivity index (χ4v) is 2.19. The first-order chi connectivity index (χ1) is 9.11. The summed E-state index contributed by atoms with van der Waals surface area (Å²) in [5.74, 6) is 0. The third kappa shape index (κ3) is 6.63. The molecule has 2 rings (SSSR count). The molecule has 0 aromatic heterocycles. The van der Waals surface area contributed by atoms with E-state index in [-0.39, 0.29) is 0 Å². The maximum absolute atomic E-state index is 2.47. The maximum atomic E-state index is 2.47. The van der Waals surface area contributed by atoms with Crippen LogP contribution in [0.5, 0.6) is 0 Å². The first-order valence-electron chi connectivity index (χ1n) is 7.59. The lowest BCUT2D eigenvalue weighted by Gasteiger charge is -2.26. The van der Waals surface area contributed by atoms with Crippen LogP contribution in [0.15, 0.2) is 36.6 Å². The molecule has 0 unspecified atom stereocenters. The minimum absolute atomic E-state index is 0.635. The van der Waals surface area contributed by atoms with E-state index in [1.807, 2.05) is 0 Å². The summed E-state index contributed by atoms with van der Waals surface area (Å²) in [7, 11) is 0. The lowest BCUT2D eigenvalue weighted by molar-refractivity contribution is 0.243. The van der Waals surface area contributed by atoms with E-state index in [1.165, 1.54) is 19.4 Å². The first kappa shape index (κ1) is 16.0. The van der Waals surface area contributed by atoms with Gasteiger partial charge in [0.15, 0.2) is 0 Å². The van der Waals surface area contributed by atoms with Crippen molar-refractivity contribution in [1.82, 2.24) is 9.80 Å². The van der Waals surface area contributed by atoms with E-state index < -0.39 is 0 Å². The second-order valence-electron chi connectivity index (χ2n) is 5.74. The van der Waals surface area contributed by atoms with Crippen LogP contribution in [0.25, 0.3) is 0 Å². The van der Waals surface area contributed by atoms with Crippen LogP contribution < -0.4 is 0 Å². The molecule has 0 bridgehead atoms. The van der Waals surface area contributed by atoms with Crippen molar-refractivity contribution in [3.8, 4) is 0 Å². The van der Waals surface area contributed by atoms with E-state index in [4.69, 9.17) is 0 Å². The largest absolute Gasteiger partial charge is 0.375 e. The van der Waals surface area contributed by atoms with Crippen molar-refractivity contribution < 1.29 is 0 Å². The maximum Gasteiger partial charge on any atom is 0.0227 e. The Balaban J connectivity index is 0.000000191. The third-order valence-corrected chi connectivity index (χ3v) is 3.56. The molecule has 0 aromatic carbocycles. The molecule has 0 aliphatic carbocycles. The molecule has 2 nitrogen and oxygen atoms in total. The molecule has 0 N–H and O–H groups in total. The van der Waals surface area contributed by atoms with Gasteiger partial charge < -0.3 is 4.90 Å². The Bertz CT molecular complexity index is 313. The molecule has 0 saturated heterocycles. The number of hydrogen-bond donors (Lipinski definition) is 0. The molecule has 2 aliphatic rings. The van der Waals surface area contributed by atoms with Crippen molar-refractivity contribution in [1.29, 1.82) is 0 Å². The van der Waals surface area contributed by atoms with Crippen LogP contribution in [0, 0.1) is 0 Å². The number of hydrogen-bond acceptors (Lipinski definition) is 2. The van der Waals surface area contributed by atoms with Gasteiger partial charge in [-0.05, 0) is 52.8 Å². The normalized spacial score (nSPS) is 19.6. The Labute approximate surface area is 119 Å². The van der Waals surface area contributed by atoms with Crippen molar-refractivity contribution in [2.24, 2.45) is 0 Å². The van der Waals surface area contributed by atoms with Crippen molar-refractivity contribution in [2.75, 3.05) is 19.6 Å². The lowest BCUT2D eigenvalue weighted by atomic mass is 10.2. The van der Waals surface area contributed by atoms with Gasteiger partial charge in [0.05, 0.1) is 0 Å². The van der Waals surface area contributed by atoms with Gasteiger partial charge in [-0.25, -0.2) is 0 Å².